The molecule has 1 unspecified atom stereocenters. The lowest BCUT2D eigenvalue weighted by Gasteiger charge is -2.09. The Morgan fingerprint density at radius 1 is 1.44 bits per heavy atom. The van der Waals surface area contributed by atoms with Crippen LogP contribution in [-0.2, 0) is 9.53 Å². The molecule has 16 heavy (non-hydrogen) atoms. The van der Waals surface area contributed by atoms with Crippen LogP contribution in [0.25, 0.3) is 0 Å². The smallest absolute Gasteiger partial charge is 0.308 e. The van der Waals surface area contributed by atoms with Crippen molar-refractivity contribution in [1.29, 1.82) is 0 Å². The van der Waals surface area contributed by atoms with Crippen LogP contribution in [0.1, 0.15) is 13.3 Å². The molecular weight excluding hydrogens is 224 g/mol. The Kier molecular flexibility index (Phi) is 5.96. The van der Waals surface area contributed by atoms with Gasteiger partial charge in [-0.1, -0.05) is 18.2 Å². The van der Waals surface area contributed by atoms with Crippen molar-refractivity contribution in [3.63, 3.8) is 0 Å². The van der Waals surface area contributed by atoms with Crippen molar-refractivity contribution in [1.82, 2.24) is 0 Å². The maximum absolute atomic E-state index is 11.1. The standard InChI is InChI=1S/C12H16O3S/c1-2-15-12(14)8-10(13)9-16-11-6-4-3-5-7-11/h3-7,10,13H,2,8-9H2,1H3. The van der Waals surface area contributed by atoms with Gasteiger partial charge < -0.3 is 9.84 Å². The normalized spacial score (nSPS) is 12.1. The number of hydrogen-bond acceptors (Lipinski definition) is 4. The fourth-order valence-electron chi connectivity index (χ4n) is 1.18. The van der Waals surface area contributed by atoms with Gasteiger partial charge >= 0.3 is 5.97 Å². The summed E-state index contributed by atoms with van der Waals surface area (Å²) < 4.78 is 4.76. The average molecular weight is 240 g/mol. The first kappa shape index (κ1) is 13.1. The minimum absolute atomic E-state index is 0.0632. The van der Waals surface area contributed by atoms with Gasteiger partial charge in [-0.2, -0.15) is 0 Å². The summed E-state index contributed by atoms with van der Waals surface area (Å²) in [6, 6.07) is 9.78. The number of carbonyl (C=O) groups excluding carboxylic acids is 1. The van der Waals surface area contributed by atoms with Crippen LogP contribution in [0.3, 0.4) is 0 Å². The Morgan fingerprint density at radius 2 is 2.12 bits per heavy atom. The van der Waals surface area contributed by atoms with Gasteiger partial charge in [0.1, 0.15) is 0 Å². The molecular formula is C12H16O3S. The second-order valence-electron chi connectivity index (χ2n) is 3.29. The molecule has 0 aromatic heterocycles. The van der Waals surface area contributed by atoms with E-state index in [4.69, 9.17) is 4.74 Å². The molecule has 88 valence electrons. The zero-order chi connectivity index (χ0) is 11.8. The largest absolute Gasteiger partial charge is 0.466 e. The van der Waals surface area contributed by atoms with Crippen LogP contribution >= 0.6 is 11.8 Å². The zero-order valence-corrected chi connectivity index (χ0v) is 10.1. The third kappa shape index (κ3) is 5.19. The SMILES string of the molecule is CCOC(=O)CC(O)CSc1ccccc1. The molecule has 4 heteroatoms. The summed E-state index contributed by atoms with van der Waals surface area (Å²) in [5.41, 5.74) is 0. The van der Waals surface area contributed by atoms with Crippen molar-refractivity contribution in [3.05, 3.63) is 30.3 Å². The van der Waals surface area contributed by atoms with Gasteiger partial charge in [0.2, 0.25) is 0 Å². The summed E-state index contributed by atoms with van der Waals surface area (Å²) in [7, 11) is 0. The molecule has 0 bridgehead atoms. The van der Waals surface area contributed by atoms with E-state index in [0.29, 0.717) is 12.4 Å². The summed E-state index contributed by atoms with van der Waals surface area (Å²) in [5.74, 6) is 0.159. The molecule has 1 aromatic rings. The van der Waals surface area contributed by atoms with Crippen LogP contribution in [-0.4, -0.2) is 29.5 Å². The number of carbonyl (C=O) groups is 1. The zero-order valence-electron chi connectivity index (χ0n) is 9.26. The third-order valence-electron chi connectivity index (χ3n) is 1.89. The van der Waals surface area contributed by atoms with Gasteiger partial charge in [-0.05, 0) is 19.1 Å². The molecule has 0 saturated heterocycles. The Labute approximate surface area is 99.8 Å². The summed E-state index contributed by atoms with van der Waals surface area (Å²) in [5, 5.41) is 9.59. The Balaban J connectivity index is 2.25. The molecule has 0 fully saturated rings. The van der Waals surface area contributed by atoms with Crippen LogP contribution in [0.4, 0.5) is 0 Å². The maximum atomic E-state index is 11.1. The van der Waals surface area contributed by atoms with Gasteiger partial charge in [0.15, 0.2) is 0 Å². The lowest BCUT2D eigenvalue weighted by atomic mass is 10.3. The van der Waals surface area contributed by atoms with Crippen molar-refractivity contribution in [2.45, 2.75) is 24.3 Å². The first-order valence-corrected chi connectivity index (χ1v) is 6.22. The van der Waals surface area contributed by atoms with E-state index in [0.717, 1.165) is 4.90 Å². The Hall–Kier alpha value is -1.00. The molecule has 0 aliphatic rings. The van der Waals surface area contributed by atoms with E-state index in [-0.39, 0.29) is 12.4 Å². The van der Waals surface area contributed by atoms with Crippen LogP contribution in [0.5, 0.6) is 0 Å². The van der Waals surface area contributed by atoms with Gasteiger partial charge in [0.25, 0.3) is 0 Å². The fraction of sp³-hybridized carbons (Fsp3) is 0.417. The molecule has 0 aliphatic heterocycles. The number of thioether (sulfide) groups is 1. The van der Waals surface area contributed by atoms with Gasteiger partial charge in [0.05, 0.1) is 19.1 Å². The molecule has 1 atom stereocenters. The monoisotopic (exact) mass is 240 g/mol. The van der Waals surface area contributed by atoms with E-state index < -0.39 is 6.10 Å². The second-order valence-corrected chi connectivity index (χ2v) is 4.38. The van der Waals surface area contributed by atoms with E-state index in [1.54, 1.807) is 6.92 Å². The summed E-state index contributed by atoms with van der Waals surface area (Å²) in [6.07, 6.45) is -0.586. The van der Waals surface area contributed by atoms with Gasteiger partial charge in [0, 0.05) is 10.6 Å². The highest BCUT2D eigenvalue weighted by molar-refractivity contribution is 7.99. The fourth-order valence-corrected chi connectivity index (χ4v) is 2.03. The number of benzene rings is 1. The molecule has 0 saturated carbocycles. The van der Waals surface area contributed by atoms with Crippen LogP contribution in [0, 0.1) is 0 Å². The molecule has 3 nitrogen and oxygen atoms in total. The number of aliphatic hydroxyl groups is 1. The molecule has 0 aliphatic carbocycles. The highest BCUT2D eigenvalue weighted by atomic mass is 32.2. The van der Waals surface area contributed by atoms with Crippen molar-refractivity contribution in [2.24, 2.45) is 0 Å². The predicted octanol–water partition coefficient (Wildman–Crippen LogP) is 2.09. The molecule has 0 amide bonds. The summed E-state index contributed by atoms with van der Waals surface area (Å²) in [4.78, 5) is 12.2. The number of rotatable bonds is 6. The third-order valence-corrected chi connectivity index (χ3v) is 3.05. The molecule has 1 rings (SSSR count). The molecule has 0 heterocycles. The molecule has 1 aromatic carbocycles. The quantitative estimate of drug-likeness (QED) is 0.611. The van der Waals surface area contributed by atoms with Gasteiger partial charge in [-0.25, -0.2) is 0 Å². The Morgan fingerprint density at radius 3 is 2.75 bits per heavy atom. The van der Waals surface area contributed by atoms with Gasteiger partial charge in [-0.3, -0.25) is 4.79 Å². The maximum Gasteiger partial charge on any atom is 0.308 e. The summed E-state index contributed by atoms with van der Waals surface area (Å²) in [6.45, 7) is 2.11. The molecule has 0 radical (unpaired) electrons. The average Bonchev–Trinajstić information content (AvgIpc) is 2.28. The van der Waals surface area contributed by atoms with Crippen molar-refractivity contribution in [3.8, 4) is 0 Å². The number of esters is 1. The molecule has 0 spiro atoms. The van der Waals surface area contributed by atoms with E-state index in [2.05, 4.69) is 0 Å². The number of hydrogen-bond donors (Lipinski definition) is 1. The topological polar surface area (TPSA) is 46.5 Å². The Bertz CT molecular complexity index is 313. The number of ether oxygens (including phenoxy) is 1. The van der Waals surface area contributed by atoms with Crippen LogP contribution in [0.2, 0.25) is 0 Å². The minimum atomic E-state index is -0.649. The summed E-state index contributed by atoms with van der Waals surface area (Å²) >= 11 is 1.53. The van der Waals surface area contributed by atoms with Crippen molar-refractivity contribution < 1.29 is 14.6 Å². The van der Waals surface area contributed by atoms with E-state index >= 15 is 0 Å². The predicted molar refractivity (Wildman–Crippen MR) is 64.4 cm³/mol. The first-order chi connectivity index (χ1) is 7.72. The lowest BCUT2D eigenvalue weighted by Crippen LogP contribution is -2.17. The van der Waals surface area contributed by atoms with E-state index in [1.807, 2.05) is 30.3 Å². The van der Waals surface area contributed by atoms with Gasteiger partial charge in [-0.15, -0.1) is 11.8 Å². The minimum Gasteiger partial charge on any atom is -0.466 e. The first-order valence-electron chi connectivity index (χ1n) is 5.24. The van der Waals surface area contributed by atoms with Crippen molar-refractivity contribution in [2.75, 3.05) is 12.4 Å². The number of aliphatic hydroxyl groups excluding tert-OH is 1. The molecule has 1 N–H and O–H groups in total. The van der Waals surface area contributed by atoms with Crippen molar-refractivity contribution >= 4 is 17.7 Å². The van der Waals surface area contributed by atoms with Crippen LogP contribution < -0.4 is 0 Å². The van der Waals surface area contributed by atoms with E-state index in [9.17, 15) is 9.90 Å². The lowest BCUT2D eigenvalue weighted by molar-refractivity contribution is -0.144. The second kappa shape index (κ2) is 7.30. The van der Waals surface area contributed by atoms with E-state index in [1.165, 1.54) is 11.8 Å². The highest BCUT2D eigenvalue weighted by Gasteiger charge is 2.11. The van der Waals surface area contributed by atoms with Crippen LogP contribution in [0.15, 0.2) is 35.2 Å². The highest BCUT2D eigenvalue weighted by Crippen LogP contribution is 2.18.